The lowest BCUT2D eigenvalue weighted by molar-refractivity contribution is -0.187. The summed E-state index contributed by atoms with van der Waals surface area (Å²) in [6, 6.07) is 0. The Morgan fingerprint density at radius 2 is 1.79 bits per heavy atom. The summed E-state index contributed by atoms with van der Waals surface area (Å²) >= 11 is 3.89. The zero-order chi connectivity index (χ0) is 20.5. The molecule has 4 aliphatic carbocycles. The smallest absolute Gasteiger partial charge is 0.303 e. The van der Waals surface area contributed by atoms with Crippen LogP contribution in [-0.4, -0.2) is 28.0 Å². The molecule has 0 saturated heterocycles. The van der Waals surface area contributed by atoms with E-state index in [0.717, 1.165) is 32.1 Å². The van der Waals surface area contributed by atoms with Gasteiger partial charge in [-0.25, -0.2) is 0 Å². The van der Waals surface area contributed by atoms with Gasteiger partial charge in [0.25, 0.3) is 0 Å². The maximum absolute atomic E-state index is 12.8. The van der Waals surface area contributed by atoms with E-state index in [-0.39, 0.29) is 33.2 Å². The molecule has 0 radical (unpaired) electrons. The molecule has 0 unspecified atom stereocenters. The van der Waals surface area contributed by atoms with Gasteiger partial charge in [-0.05, 0) is 80.3 Å². The van der Waals surface area contributed by atoms with Gasteiger partial charge in [0.05, 0.1) is 0 Å². The molecule has 0 aromatic carbocycles. The summed E-state index contributed by atoms with van der Waals surface area (Å²) in [4.78, 5) is 37.0. The summed E-state index contributed by atoms with van der Waals surface area (Å²) in [5.41, 5.74) is 0.0512. The summed E-state index contributed by atoms with van der Waals surface area (Å²) in [7, 11) is 0. The van der Waals surface area contributed by atoms with Gasteiger partial charge in [0, 0.05) is 23.6 Å². The van der Waals surface area contributed by atoms with E-state index in [9.17, 15) is 14.4 Å². The van der Waals surface area contributed by atoms with Crippen LogP contribution in [0.1, 0.15) is 72.6 Å². The Morgan fingerprint density at radius 1 is 1.11 bits per heavy atom. The number of allylic oxidation sites excluding steroid dienone is 1. The van der Waals surface area contributed by atoms with Crippen molar-refractivity contribution < 1.29 is 19.1 Å². The zero-order valence-corrected chi connectivity index (χ0v) is 18.9. The van der Waals surface area contributed by atoms with Crippen LogP contribution < -0.4 is 0 Å². The van der Waals surface area contributed by atoms with Gasteiger partial charge in [0.15, 0.2) is 17.2 Å². The summed E-state index contributed by atoms with van der Waals surface area (Å²) in [5, 5.41) is 0. The maximum Gasteiger partial charge on any atom is 0.303 e. The topological polar surface area (TPSA) is 60.4 Å². The van der Waals surface area contributed by atoms with Crippen molar-refractivity contribution in [3.63, 3.8) is 0 Å². The number of alkyl halides is 1. The van der Waals surface area contributed by atoms with E-state index in [0.29, 0.717) is 30.6 Å². The lowest BCUT2D eigenvalue weighted by Crippen LogP contribution is -2.59. The number of rotatable bonds is 2. The summed E-state index contributed by atoms with van der Waals surface area (Å²) in [6.45, 7) is 7.54. The fourth-order valence-electron chi connectivity index (χ4n) is 7.62. The molecular weight excluding hydrogens is 420 g/mol. The molecule has 0 aliphatic heterocycles. The fourth-order valence-corrected chi connectivity index (χ4v) is 8.71. The predicted molar refractivity (Wildman–Crippen MR) is 110 cm³/mol. The van der Waals surface area contributed by atoms with Crippen molar-refractivity contribution in [2.75, 3.05) is 0 Å². The van der Waals surface area contributed by atoms with Crippen LogP contribution in [0.4, 0.5) is 0 Å². The van der Waals surface area contributed by atoms with Crippen molar-refractivity contribution in [1.29, 1.82) is 0 Å². The lowest BCUT2D eigenvalue weighted by Gasteiger charge is -2.60. The average molecular weight is 451 g/mol. The summed E-state index contributed by atoms with van der Waals surface area (Å²) in [6.07, 6.45) is 7.94. The van der Waals surface area contributed by atoms with Gasteiger partial charge in [0.2, 0.25) is 0 Å². The molecule has 0 amide bonds. The van der Waals surface area contributed by atoms with Crippen LogP contribution >= 0.6 is 15.9 Å². The highest BCUT2D eigenvalue weighted by Crippen LogP contribution is 2.68. The van der Waals surface area contributed by atoms with Crippen molar-refractivity contribution in [3.8, 4) is 0 Å². The van der Waals surface area contributed by atoms with Gasteiger partial charge >= 0.3 is 5.97 Å². The van der Waals surface area contributed by atoms with Gasteiger partial charge < -0.3 is 4.74 Å². The first kappa shape index (κ1) is 20.3. The molecule has 4 rings (SSSR count). The third-order valence-corrected chi connectivity index (χ3v) is 9.81. The minimum Gasteiger partial charge on any atom is -0.451 e. The fraction of sp³-hybridized carbons (Fsp3) is 0.783. The molecule has 7 atom stereocenters. The monoisotopic (exact) mass is 450 g/mol. The van der Waals surface area contributed by atoms with Crippen LogP contribution in [0, 0.1) is 28.6 Å². The second-order valence-electron chi connectivity index (χ2n) is 10.0. The van der Waals surface area contributed by atoms with Gasteiger partial charge in [-0.2, -0.15) is 0 Å². The number of hydrogen-bond acceptors (Lipinski definition) is 4. The summed E-state index contributed by atoms with van der Waals surface area (Å²) in [5.74, 6) is 1.26. The van der Waals surface area contributed by atoms with Crippen LogP contribution in [0.2, 0.25) is 0 Å². The first-order valence-electron chi connectivity index (χ1n) is 10.6. The Labute approximate surface area is 176 Å². The third kappa shape index (κ3) is 2.57. The maximum atomic E-state index is 12.8. The number of fused-ring (bicyclic) bond motifs is 5. The first-order chi connectivity index (χ1) is 13.0. The SMILES string of the molecule is CC(=O)O[C@@]1(C(C)=O)CC[C@H]2[C@@H]3C[C@H](Br)C4=CC(=O)CC[C@]4(C)[C@H]3CC[C@@]21C. The quantitative estimate of drug-likeness (QED) is 0.448. The van der Waals surface area contributed by atoms with Gasteiger partial charge in [-0.3, -0.25) is 14.4 Å². The second kappa shape index (κ2) is 6.52. The summed E-state index contributed by atoms with van der Waals surface area (Å²) < 4.78 is 5.83. The first-order valence-corrected chi connectivity index (χ1v) is 11.6. The van der Waals surface area contributed by atoms with Crippen molar-refractivity contribution in [2.45, 2.75) is 83.1 Å². The zero-order valence-electron chi connectivity index (χ0n) is 17.3. The molecule has 154 valence electrons. The normalized spacial score (nSPS) is 47.5. The molecule has 3 saturated carbocycles. The predicted octanol–water partition coefficient (Wildman–Crippen LogP) is 4.78. The molecular formula is C23H31BrO4. The number of carbonyl (C=O) groups excluding carboxylic acids is 3. The van der Waals surface area contributed by atoms with E-state index >= 15 is 0 Å². The van der Waals surface area contributed by atoms with Crippen LogP contribution in [0.5, 0.6) is 0 Å². The molecule has 0 aromatic heterocycles. The molecule has 0 N–H and O–H groups in total. The number of carbonyl (C=O) groups is 3. The Kier molecular flexibility index (Phi) is 4.73. The number of halogens is 1. The van der Waals surface area contributed by atoms with E-state index in [1.165, 1.54) is 12.5 Å². The molecule has 0 spiro atoms. The van der Waals surface area contributed by atoms with E-state index in [1.54, 1.807) is 6.92 Å². The second-order valence-corrected chi connectivity index (χ2v) is 11.1. The third-order valence-electron chi connectivity index (χ3n) is 8.94. The largest absolute Gasteiger partial charge is 0.451 e. The number of ether oxygens (including phenoxy) is 1. The van der Waals surface area contributed by atoms with Crippen LogP contribution in [0.15, 0.2) is 11.6 Å². The molecule has 0 bridgehead atoms. The van der Waals surface area contributed by atoms with Gasteiger partial charge in [-0.15, -0.1) is 0 Å². The highest BCUT2D eigenvalue weighted by molar-refractivity contribution is 9.09. The minimum atomic E-state index is -0.976. The van der Waals surface area contributed by atoms with E-state index in [2.05, 4.69) is 29.8 Å². The van der Waals surface area contributed by atoms with Crippen LogP contribution in [-0.2, 0) is 19.1 Å². The molecule has 0 aromatic rings. The number of esters is 1. The van der Waals surface area contributed by atoms with Crippen LogP contribution in [0.3, 0.4) is 0 Å². The van der Waals surface area contributed by atoms with Crippen molar-refractivity contribution in [2.24, 2.45) is 28.6 Å². The number of hydrogen-bond donors (Lipinski definition) is 0. The number of Topliss-reactive ketones (excluding diaryl/α,β-unsaturated/α-hetero) is 1. The van der Waals surface area contributed by atoms with E-state index < -0.39 is 5.60 Å². The van der Waals surface area contributed by atoms with Crippen LogP contribution in [0.25, 0.3) is 0 Å². The van der Waals surface area contributed by atoms with Crippen molar-refractivity contribution in [3.05, 3.63) is 11.6 Å². The molecule has 4 nitrogen and oxygen atoms in total. The molecule has 28 heavy (non-hydrogen) atoms. The Balaban J connectivity index is 1.73. The standard InChI is InChI=1S/C23H31BrO4/c1-13(25)23(28-14(2)26)10-7-18-16-12-20(24)19-11-15(27)5-8-21(19,3)17(16)6-9-22(18,23)4/h11,16-18,20H,5-10,12H2,1-4H3/t16-,17+,18+,20+,21-,22+,23-/m1/s1. The Morgan fingerprint density at radius 3 is 2.43 bits per heavy atom. The minimum absolute atomic E-state index is 0.00703. The van der Waals surface area contributed by atoms with Gasteiger partial charge in [0.1, 0.15) is 0 Å². The van der Waals surface area contributed by atoms with E-state index in [1.807, 2.05) is 6.08 Å². The molecule has 0 heterocycles. The lowest BCUT2D eigenvalue weighted by atomic mass is 9.46. The molecule has 4 aliphatic rings. The molecule has 5 heteroatoms. The molecule has 3 fully saturated rings. The number of ketones is 2. The highest BCUT2D eigenvalue weighted by Gasteiger charge is 2.68. The highest BCUT2D eigenvalue weighted by atomic mass is 79.9. The average Bonchev–Trinajstić information content (AvgIpc) is 2.90. The van der Waals surface area contributed by atoms with E-state index in [4.69, 9.17) is 4.74 Å². The van der Waals surface area contributed by atoms with Gasteiger partial charge in [-0.1, -0.05) is 29.8 Å². The Hall–Kier alpha value is -0.970. The van der Waals surface area contributed by atoms with Crippen molar-refractivity contribution in [1.82, 2.24) is 0 Å². The van der Waals surface area contributed by atoms with Crippen molar-refractivity contribution >= 4 is 33.5 Å². The Bertz CT molecular complexity index is 773.